The first-order valence-corrected chi connectivity index (χ1v) is 4.58. The third-order valence-corrected chi connectivity index (χ3v) is 2.43. The molecule has 0 saturated heterocycles. The molecule has 0 unspecified atom stereocenters. The molecule has 2 heterocycles. The van der Waals surface area contributed by atoms with Gasteiger partial charge in [-0.3, -0.25) is 0 Å². The number of nitrogens with zero attached hydrogens (tertiary/aromatic N) is 3. The van der Waals surface area contributed by atoms with Gasteiger partial charge in [-0.15, -0.1) is 0 Å². The molecule has 4 nitrogen and oxygen atoms in total. The van der Waals surface area contributed by atoms with Gasteiger partial charge < -0.3 is 0 Å². The van der Waals surface area contributed by atoms with Crippen LogP contribution in [0.4, 0.5) is 0 Å². The Kier molecular flexibility index (Phi) is 1.43. The van der Waals surface area contributed by atoms with Crippen molar-refractivity contribution in [3.05, 3.63) is 35.2 Å². The van der Waals surface area contributed by atoms with Crippen LogP contribution in [0.5, 0.6) is 0 Å². The second-order valence-corrected chi connectivity index (χ2v) is 3.38. The van der Waals surface area contributed by atoms with E-state index in [0.717, 1.165) is 16.4 Å². The van der Waals surface area contributed by atoms with E-state index in [9.17, 15) is 0 Å². The highest BCUT2D eigenvalue weighted by molar-refractivity contribution is 7.71. The maximum atomic E-state index is 5.03. The molecular weight excluding hydrogens is 196 g/mol. The zero-order valence-corrected chi connectivity index (χ0v) is 7.95. The average molecular weight is 202 g/mol. The van der Waals surface area contributed by atoms with Gasteiger partial charge in [-0.25, -0.2) is 5.10 Å². The maximum absolute atomic E-state index is 5.03. The monoisotopic (exact) mass is 202 g/mol. The summed E-state index contributed by atoms with van der Waals surface area (Å²) in [5.74, 6) is 0. The fraction of sp³-hybridized carbons (Fsp3) is 0. The molecule has 1 N–H and O–H groups in total. The van der Waals surface area contributed by atoms with Gasteiger partial charge >= 0.3 is 0 Å². The quantitative estimate of drug-likeness (QED) is 0.567. The standard InChI is InChI=1S/C9H6N4S/c14-9-12-11-8-7-4-2-1-3-6(7)5-10-13(8)9/h1-5H,(H,12,14). The van der Waals surface area contributed by atoms with Crippen molar-refractivity contribution in [2.45, 2.75) is 0 Å². The maximum Gasteiger partial charge on any atom is 0.216 e. The van der Waals surface area contributed by atoms with Crippen molar-refractivity contribution in [1.29, 1.82) is 0 Å². The van der Waals surface area contributed by atoms with Crippen molar-refractivity contribution < 1.29 is 0 Å². The van der Waals surface area contributed by atoms with E-state index in [1.54, 1.807) is 10.7 Å². The molecule has 0 aliphatic rings. The van der Waals surface area contributed by atoms with E-state index in [-0.39, 0.29) is 0 Å². The molecule has 0 spiro atoms. The van der Waals surface area contributed by atoms with Gasteiger partial charge in [0.15, 0.2) is 5.65 Å². The predicted octanol–water partition coefficient (Wildman–Crippen LogP) is 1.94. The topological polar surface area (TPSA) is 46.0 Å². The van der Waals surface area contributed by atoms with Gasteiger partial charge in [0.2, 0.25) is 4.77 Å². The van der Waals surface area contributed by atoms with Crippen LogP contribution in [0.25, 0.3) is 16.4 Å². The Hall–Kier alpha value is -1.75. The summed E-state index contributed by atoms with van der Waals surface area (Å²) in [6, 6.07) is 7.95. The highest BCUT2D eigenvalue weighted by atomic mass is 32.1. The minimum Gasteiger partial charge on any atom is -0.250 e. The van der Waals surface area contributed by atoms with Crippen LogP contribution >= 0.6 is 12.2 Å². The highest BCUT2D eigenvalue weighted by Gasteiger charge is 2.02. The van der Waals surface area contributed by atoms with Gasteiger partial charge in [0.1, 0.15) is 0 Å². The first-order valence-electron chi connectivity index (χ1n) is 4.17. The molecule has 2 aromatic heterocycles. The molecular formula is C9H6N4S. The second-order valence-electron chi connectivity index (χ2n) is 3.00. The van der Waals surface area contributed by atoms with Crippen LogP contribution in [-0.4, -0.2) is 19.8 Å². The van der Waals surface area contributed by atoms with E-state index in [1.807, 2.05) is 24.3 Å². The summed E-state index contributed by atoms with van der Waals surface area (Å²) in [4.78, 5) is 0. The first-order chi connectivity index (χ1) is 6.86. The van der Waals surface area contributed by atoms with E-state index < -0.39 is 0 Å². The molecule has 14 heavy (non-hydrogen) atoms. The van der Waals surface area contributed by atoms with Crippen LogP contribution in [0, 0.1) is 4.77 Å². The molecule has 68 valence electrons. The van der Waals surface area contributed by atoms with Crippen LogP contribution in [-0.2, 0) is 0 Å². The van der Waals surface area contributed by atoms with Crippen molar-refractivity contribution in [2.75, 3.05) is 0 Å². The molecule has 5 heteroatoms. The smallest absolute Gasteiger partial charge is 0.216 e. The van der Waals surface area contributed by atoms with E-state index in [0.29, 0.717) is 4.77 Å². The largest absolute Gasteiger partial charge is 0.250 e. The molecule has 0 amide bonds. The summed E-state index contributed by atoms with van der Waals surface area (Å²) in [5, 5.41) is 13.2. The van der Waals surface area contributed by atoms with Gasteiger partial charge in [0, 0.05) is 10.8 Å². The number of nitrogens with one attached hydrogen (secondary N) is 1. The number of H-pyrrole nitrogens is 1. The number of benzene rings is 1. The van der Waals surface area contributed by atoms with E-state index >= 15 is 0 Å². The van der Waals surface area contributed by atoms with Crippen LogP contribution < -0.4 is 0 Å². The normalized spacial score (nSPS) is 11.1. The lowest BCUT2D eigenvalue weighted by Crippen LogP contribution is -1.91. The molecule has 0 radical (unpaired) electrons. The van der Waals surface area contributed by atoms with Crippen molar-refractivity contribution in [1.82, 2.24) is 19.8 Å². The second kappa shape index (κ2) is 2.62. The predicted molar refractivity (Wildman–Crippen MR) is 55.7 cm³/mol. The average Bonchev–Trinajstić information content (AvgIpc) is 2.61. The molecule has 0 aliphatic carbocycles. The highest BCUT2D eigenvalue weighted by Crippen LogP contribution is 2.15. The molecule has 0 saturated carbocycles. The lowest BCUT2D eigenvalue weighted by Gasteiger charge is -1.96. The summed E-state index contributed by atoms with van der Waals surface area (Å²) < 4.78 is 2.14. The summed E-state index contributed by atoms with van der Waals surface area (Å²) in [7, 11) is 0. The van der Waals surface area contributed by atoms with E-state index in [2.05, 4.69) is 15.3 Å². The summed E-state index contributed by atoms with van der Waals surface area (Å²) >= 11 is 5.03. The summed E-state index contributed by atoms with van der Waals surface area (Å²) in [5.41, 5.74) is 0.771. The van der Waals surface area contributed by atoms with Gasteiger partial charge in [0.05, 0.1) is 6.20 Å². The van der Waals surface area contributed by atoms with Gasteiger partial charge in [0.25, 0.3) is 0 Å². The third kappa shape index (κ3) is 0.898. The van der Waals surface area contributed by atoms with Crippen LogP contribution in [0.15, 0.2) is 30.5 Å². The summed E-state index contributed by atoms with van der Waals surface area (Å²) in [6.45, 7) is 0. The SMILES string of the molecule is S=c1[nH]nc2c3ccccc3cnn12. The third-order valence-electron chi connectivity index (χ3n) is 2.16. The van der Waals surface area contributed by atoms with Gasteiger partial charge in [-0.2, -0.15) is 14.7 Å². The van der Waals surface area contributed by atoms with Gasteiger partial charge in [-0.05, 0) is 12.2 Å². The zero-order chi connectivity index (χ0) is 9.54. The Morgan fingerprint density at radius 2 is 2.14 bits per heavy atom. The van der Waals surface area contributed by atoms with Crippen molar-refractivity contribution in [2.24, 2.45) is 0 Å². The van der Waals surface area contributed by atoms with Crippen LogP contribution in [0.2, 0.25) is 0 Å². The molecule has 3 rings (SSSR count). The van der Waals surface area contributed by atoms with Gasteiger partial charge in [-0.1, -0.05) is 24.3 Å². The molecule has 0 fully saturated rings. The Labute approximate surface area is 84.2 Å². The van der Waals surface area contributed by atoms with Crippen molar-refractivity contribution in [3.63, 3.8) is 0 Å². The minimum absolute atomic E-state index is 0.519. The number of hydrogen-bond acceptors (Lipinski definition) is 3. The zero-order valence-electron chi connectivity index (χ0n) is 7.14. The Bertz CT molecular complexity index is 667. The fourth-order valence-corrected chi connectivity index (χ4v) is 1.69. The molecule has 0 atom stereocenters. The number of rotatable bonds is 0. The fourth-order valence-electron chi connectivity index (χ4n) is 1.51. The Morgan fingerprint density at radius 1 is 1.29 bits per heavy atom. The molecule has 3 aromatic rings. The number of hydrogen-bond donors (Lipinski definition) is 1. The first kappa shape index (κ1) is 7.64. The molecule has 0 aliphatic heterocycles. The van der Waals surface area contributed by atoms with Crippen LogP contribution in [0.1, 0.15) is 0 Å². The number of aromatic amines is 1. The minimum atomic E-state index is 0.519. The lowest BCUT2D eigenvalue weighted by atomic mass is 10.2. The molecule has 0 bridgehead atoms. The lowest BCUT2D eigenvalue weighted by molar-refractivity contribution is 0.918. The van der Waals surface area contributed by atoms with E-state index in [1.165, 1.54) is 0 Å². The summed E-state index contributed by atoms with van der Waals surface area (Å²) in [6.07, 6.45) is 1.79. The Morgan fingerprint density at radius 3 is 3.07 bits per heavy atom. The Balaban J connectivity index is 2.68. The van der Waals surface area contributed by atoms with Crippen LogP contribution in [0.3, 0.4) is 0 Å². The van der Waals surface area contributed by atoms with Crippen molar-refractivity contribution in [3.8, 4) is 0 Å². The molecule has 1 aromatic carbocycles. The van der Waals surface area contributed by atoms with Crippen molar-refractivity contribution >= 4 is 28.6 Å². The van der Waals surface area contributed by atoms with E-state index in [4.69, 9.17) is 12.2 Å². The number of fused-ring (bicyclic) bond motifs is 3. The number of aromatic nitrogens is 4.